The lowest BCUT2D eigenvalue weighted by atomic mass is 9.94. The summed E-state index contributed by atoms with van der Waals surface area (Å²) in [6.07, 6.45) is 7.71. The van der Waals surface area contributed by atoms with Gasteiger partial charge >= 0.3 is 0 Å². The Morgan fingerprint density at radius 3 is 3.04 bits per heavy atom. The molecule has 0 radical (unpaired) electrons. The highest BCUT2D eigenvalue weighted by Gasteiger charge is 2.23. The minimum absolute atomic E-state index is 0.0535. The fourth-order valence-electron chi connectivity index (χ4n) is 3.14. The van der Waals surface area contributed by atoms with Crippen molar-refractivity contribution < 1.29 is 4.79 Å². The zero-order valence-electron chi connectivity index (χ0n) is 14.4. The first-order chi connectivity index (χ1) is 12.1. The lowest BCUT2D eigenvalue weighted by Gasteiger charge is -2.33. The van der Waals surface area contributed by atoms with Gasteiger partial charge in [-0.1, -0.05) is 6.07 Å². The van der Waals surface area contributed by atoms with Crippen molar-refractivity contribution in [1.29, 1.82) is 0 Å². The van der Waals surface area contributed by atoms with E-state index >= 15 is 0 Å². The molecule has 1 unspecified atom stereocenters. The Bertz CT molecular complexity index is 775. The van der Waals surface area contributed by atoms with Gasteiger partial charge in [-0.05, 0) is 30.4 Å². The smallest absolute Gasteiger partial charge is 0.268 e. The molecule has 0 saturated carbocycles. The maximum atomic E-state index is 12.2. The highest BCUT2D eigenvalue weighted by atomic mass is 16.1. The van der Waals surface area contributed by atoms with Crippen LogP contribution in [0.5, 0.6) is 0 Å². The monoisotopic (exact) mass is 341 g/mol. The van der Waals surface area contributed by atoms with Crippen LogP contribution in [-0.2, 0) is 18.4 Å². The topological polar surface area (TPSA) is 80.1 Å². The normalized spacial score (nSPS) is 17.3. The summed E-state index contributed by atoms with van der Waals surface area (Å²) in [5.74, 6) is 0.338. The van der Waals surface area contributed by atoms with Gasteiger partial charge in [-0.15, -0.1) is 0 Å². The van der Waals surface area contributed by atoms with E-state index in [1.807, 2.05) is 12.1 Å². The van der Waals surface area contributed by atoms with Gasteiger partial charge < -0.3 is 10.2 Å². The average molecular weight is 341 g/mol. The Hall–Kier alpha value is -2.70. The number of anilines is 1. The van der Waals surface area contributed by atoms with Gasteiger partial charge in [0, 0.05) is 51.6 Å². The summed E-state index contributed by atoms with van der Waals surface area (Å²) in [6.45, 7) is 2.17. The summed E-state index contributed by atoms with van der Waals surface area (Å²) in [7, 11) is 1.64. The summed E-state index contributed by atoms with van der Waals surface area (Å²) in [6, 6.07) is 5.41. The number of amides is 1. The van der Waals surface area contributed by atoms with E-state index in [-0.39, 0.29) is 17.4 Å². The molecule has 1 aliphatic heterocycles. The molecule has 0 aliphatic carbocycles. The van der Waals surface area contributed by atoms with Crippen molar-refractivity contribution in [3.05, 3.63) is 52.7 Å². The third kappa shape index (κ3) is 4.65. The van der Waals surface area contributed by atoms with Crippen LogP contribution in [0.3, 0.4) is 0 Å². The Morgan fingerprint density at radius 1 is 1.40 bits per heavy atom. The van der Waals surface area contributed by atoms with E-state index in [0.29, 0.717) is 13.0 Å². The standard InChI is InChI=1S/C18H23N5O2/c1-22-18(25)9-16(12-21-22)23-7-3-5-14(13-23)8-17(24)20-11-15-4-2-6-19-10-15/h2,4,6,9-10,12,14H,3,5,7-8,11,13H2,1H3,(H,20,24). The average Bonchev–Trinajstić information content (AvgIpc) is 2.63. The second-order valence-electron chi connectivity index (χ2n) is 6.47. The van der Waals surface area contributed by atoms with Gasteiger partial charge in [0.25, 0.3) is 5.56 Å². The molecule has 1 fully saturated rings. The van der Waals surface area contributed by atoms with Crippen molar-refractivity contribution >= 4 is 11.6 Å². The number of pyridine rings is 1. The number of hydrogen-bond donors (Lipinski definition) is 1. The molecule has 7 heteroatoms. The van der Waals surface area contributed by atoms with E-state index < -0.39 is 0 Å². The maximum absolute atomic E-state index is 12.2. The van der Waals surface area contributed by atoms with Crippen molar-refractivity contribution in [2.24, 2.45) is 13.0 Å². The van der Waals surface area contributed by atoms with Crippen LogP contribution < -0.4 is 15.8 Å². The molecular weight excluding hydrogens is 318 g/mol. The summed E-state index contributed by atoms with van der Waals surface area (Å²) >= 11 is 0. The minimum atomic E-state index is -0.117. The SMILES string of the molecule is Cn1ncc(N2CCCC(CC(=O)NCc3cccnc3)C2)cc1=O. The number of nitrogens with zero attached hydrogens (tertiary/aromatic N) is 4. The molecule has 1 aliphatic rings. The summed E-state index contributed by atoms with van der Waals surface area (Å²) in [4.78, 5) is 30.2. The second kappa shape index (κ2) is 7.92. The predicted molar refractivity (Wildman–Crippen MR) is 95.1 cm³/mol. The number of piperidine rings is 1. The molecule has 132 valence electrons. The first kappa shape index (κ1) is 17.1. The molecule has 0 aromatic carbocycles. The van der Waals surface area contributed by atoms with E-state index in [4.69, 9.17) is 0 Å². The van der Waals surface area contributed by atoms with Gasteiger partial charge in [0.05, 0.1) is 11.9 Å². The van der Waals surface area contributed by atoms with Crippen LogP contribution in [0.1, 0.15) is 24.8 Å². The van der Waals surface area contributed by atoms with Crippen molar-refractivity contribution in [3.63, 3.8) is 0 Å². The number of nitrogens with one attached hydrogen (secondary N) is 1. The molecule has 25 heavy (non-hydrogen) atoms. The Morgan fingerprint density at radius 2 is 2.28 bits per heavy atom. The minimum Gasteiger partial charge on any atom is -0.370 e. The molecule has 0 spiro atoms. The first-order valence-electron chi connectivity index (χ1n) is 8.56. The third-order valence-electron chi connectivity index (χ3n) is 4.52. The van der Waals surface area contributed by atoms with Crippen LogP contribution in [0, 0.1) is 5.92 Å². The van der Waals surface area contributed by atoms with Crippen molar-refractivity contribution in [2.75, 3.05) is 18.0 Å². The Balaban J connectivity index is 1.53. The fraction of sp³-hybridized carbons (Fsp3) is 0.444. The van der Waals surface area contributed by atoms with Gasteiger partial charge in [0.2, 0.25) is 5.91 Å². The van der Waals surface area contributed by atoms with Gasteiger partial charge in [-0.25, -0.2) is 4.68 Å². The molecule has 0 bridgehead atoms. The zero-order valence-corrected chi connectivity index (χ0v) is 14.4. The summed E-state index contributed by atoms with van der Waals surface area (Å²) < 4.78 is 1.32. The van der Waals surface area contributed by atoms with Crippen LogP contribution >= 0.6 is 0 Å². The predicted octanol–water partition coefficient (Wildman–Crippen LogP) is 1.10. The summed E-state index contributed by atoms with van der Waals surface area (Å²) in [5.41, 5.74) is 1.71. The van der Waals surface area contributed by atoms with Crippen LogP contribution in [0.15, 0.2) is 41.6 Å². The molecule has 1 N–H and O–H groups in total. The third-order valence-corrected chi connectivity index (χ3v) is 4.52. The van der Waals surface area contributed by atoms with E-state index in [1.54, 1.807) is 31.7 Å². The van der Waals surface area contributed by atoms with Gasteiger partial charge in [-0.3, -0.25) is 14.6 Å². The van der Waals surface area contributed by atoms with Crippen molar-refractivity contribution in [3.8, 4) is 0 Å². The van der Waals surface area contributed by atoms with Gasteiger partial charge in [-0.2, -0.15) is 5.10 Å². The molecular formula is C18H23N5O2. The van der Waals surface area contributed by atoms with Crippen molar-refractivity contribution in [2.45, 2.75) is 25.8 Å². The number of aromatic nitrogens is 3. The van der Waals surface area contributed by atoms with Crippen LogP contribution in [0.2, 0.25) is 0 Å². The molecule has 7 nitrogen and oxygen atoms in total. The van der Waals surface area contributed by atoms with E-state index in [0.717, 1.165) is 37.2 Å². The molecule has 1 amide bonds. The molecule has 3 rings (SSSR count). The van der Waals surface area contributed by atoms with E-state index in [1.165, 1.54) is 4.68 Å². The second-order valence-corrected chi connectivity index (χ2v) is 6.47. The number of rotatable bonds is 5. The Kier molecular flexibility index (Phi) is 5.42. The lowest BCUT2D eigenvalue weighted by Crippen LogP contribution is -2.38. The van der Waals surface area contributed by atoms with Gasteiger partial charge in [0.15, 0.2) is 0 Å². The van der Waals surface area contributed by atoms with Crippen LogP contribution in [0.25, 0.3) is 0 Å². The summed E-state index contributed by atoms with van der Waals surface area (Å²) in [5, 5.41) is 7.03. The largest absolute Gasteiger partial charge is 0.370 e. The molecule has 3 heterocycles. The zero-order chi connectivity index (χ0) is 17.6. The van der Waals surface area contributed by atoms with Crippen LogP contribution in [-0.4, -0.2) is 33.8 Å². The maximum Gasteiger partial charge on any atom is 0.268 e. The van der Waals surface area contributed by atoms with E-state index in [2.05, 4.69) is 20.3 Å². The highest BCUT2D eigenvalue weighted by Crippen LogP contribution is 2.23. The number of carbonyl (C=O) groups is 1. The molecule has 1 atom stereocenters. The highest BCUT2D eigenvalue weighted by molar-refractivity contribution is 5.76. The van der Waals surface area contributed by atoms with Gasteiger partial charge in [0.1, 0.15) is 0 Å². The first-order valence-corrected chi connectivity index (χ1v) is 8.56. The van der Waals surface area contributed by atoms with Crippen molar-refractivity contribution in [1.82, 2.24) is 20.1 Å². The Labute approximate surface area is 146 Å². The number of aryl methyl sites for hydroxylation is 1. The van der Waals surface area contributed by atoms with E-state index in [9.17, 15) is 9.59 Å². The lowest BCUT2D eigenvalue weighted by molar-refractivity contribution is -0.122. The molecule has 2 aromatic heterocycles. The molecule has 1 saturated heterocycles. The quantitative estimate of drug-likeness (QED) is 0.881. The fourth-order valence-corrected chi connectivity index (χ4v) is 3.14. The molecule has 2 aromatic rings. The number of hydrogen-bond acceptors (Lipinski definition) is 5. The number of carbonyl (C=O) groups excluding carboxylic acids is 1. The van der Waals surface area contributed by atoms with Crippen LogP contribution in [0.4, 0.5) is 5.69 Å².